The fourth-order valence-corrected chi connectivity index (χ4v) is 3.55. The molecule has 2 aromatic heterocycles. The molecule has 0 radical (unpaired) electrons. The number of anilines is 1. The molecule has 1 saturated heterocycles. The minimum Gasteiger partial charge on any atom is -0.369 e. The van der Waals surface area contributed by atoms with Gasteiger partial charge in [0, 0.05) is 38.1 Å². The number of benzene rings is 1. The SMILES string of the molecule is Cc1ccccc1N1CCN(Cn2nc3ccccn3c2=S)CC1. The van der Waals surface area contributed by atoms with E-state index in [1.54, 1.807) is 0 Å². The van der Waals surface area contributed by atoms with Crippen molar-refractivity contribution in [3.05, 3.63) is 59.0 Å². The number of aryl methyl sites for hydroxylation is 1. The molecule has 4 rings (SSSR count). The fourth-order valence-electron chi connectivity index (χ4n) is 3.30. The Morgan fingerprint density at radius 3 is 2.50 bits per heavy atom. The summed E-state index contributed by atoms with van der Waals surface area (Å²) in [5.41, 5.74) is 3.59. The number of hydrogen-bond acceptors (Lipinski definition) is 4. The van der Waals surface area contributed by atoms with Crippen LogP contribution in [-0.4, -0.2) is 45.3 Å². The summed E-state index contributed by atoms with van der Waals surface area (Å²) in [5.74, 6) is 0. The van der Waals surface area contributed by atoms with E-state index in [2.05, 4.69) is 46.1 Å². The predicted molar refractivity (Wildman–Crippen MR) is 99.0 cm³/mol. The van der Waals surface area contributed by atoms with Crippen LogP contribution in [0.4, 0.5) is 5.69 Å². The number of nitrogens with zero attached hydrogens (tertiary/aromatic N) is 5. The van der Waals surface area contributed by atoms with Crippen molar-refractivity contribution in [1.29, 1.82) is 0 Å². The first-order valence-corrected chi connectivity index (χ1v) is 8.70. The lowest BCUT2D eigenvalue weighted by Gasteiger charge is -2.36. The summed E-state index contributed by atoms with van der Waals surface area (Å²) in [6, 6.07) is 14.6. The van der Waals surface area contributed by atoms with Gasteiger partial charge in [-0.2, -0.15) is 5.10 Å². The van der Waals surface area contributed by atoms with E-state index in [9.17, 15) is 0 Å². The number of piperazine rings is 1. The fraction of sp³-hybridized carbons (Fsp3) is 0.333. The van der Waals surface area contributed by atoms with Crippen molar-refractivity contribution in [2.24, 2.45) is 0 Å². The average Bonchev–Trinajstić information content (AvgIpc) is 2.93. The van der Waals surface area contributed by atoms with E-state index in [1.807, 2.05) is 33.5 Å². The minimum atomic E-state index is 0.752. The first-order chi connectivity index (χ1) is 11.7. The Morgan fingerprint density at radius 2 is 1.75 bits per heavy atom. The third-order valence-electron chi connectivity index (χ3n) is 4.65. The molecule has 1 aliphatic rings. The molecule has 0 amide bonds. The zero-order valence-corrected chi connectivity index (χ0v) is 14.6. The van der Waals surface area contributed by atoms with Crippen LogP contribution in [0.25, 0.3) is 5.65 Å². The average molecular weight is 339 g/mol. The van der Waals surface area contributed by atoms with Gasteiger partial charge in [0.15, 0.2) is 5.65 Å². The molecule has 1 aliphatic heterocycles. The van der Waals surface area contributed by atoms with Crippen LogP contribution in [0.3, 0.4) is 0 Å². The highest BCUT2D eigenvalue weighted by Crippen LogP contribution is 2.20. The number of rotatable bonds is 3. The maximum Gasteiger partial charge on any atom is 0.203 e. The van der Waals surface area contributed by atoms with E-state index >= 15 is 0 Å². The van der Waals surface area contributed by atoms with Crippen molar-refractivity contribution in [2.75, 3.05) is 31.1 Å². The molecule has 6 heteroatoms. The quantitative estimate of drug-likeness (QED) is 0.686. The lowest BCUT2D eigenvalue weighted by molar-refractivity contribution is 0.194. The second-order valence-corrected chi connectivity index (χ2v) is 6.61. The van der Waals surface area contributed by atoms with Gasteiger partial charge < -0.3 is 4.90 Å². The molecule has 0 N–H and O–H groups in total. The molecule has 0 unspecified atom stereocenters. The van der Waals surface area contributed by atoms with Gasteiger partial charge >= 0.3 is 0 Å². The summed E-state index contributed by atoms with van der Waals surface area (Å²) in [6.07, 6.45) is 1.97. The summed E-state index contributed by atoms with van der Waals surface area (Å²) in [4.78, 5) is 4.88. The second-order valence-electron chi connectivity index (χ2n) is 6.24. The monoisotopic (exact) mass is 339 g/mol. The van der Waals surface area contributed by atoms with Gasteiger partial charge in [0.25, 0.3) is 0 Å². The van der Waals surface area contributed by atoms with Crippen LogP contribution in [0, 0.1) is 11.7 Å². The number of aromatic nitrogens is 3. The normalized spacial score (nSPS) is 16.0. The van der Waals surface area contributed by atoms with E-state index in [4.69, 9.17) is 12.2 Å². The van der Waals surface area contributed by atoms with Crippen LogP contribution in [0.1, 0.15) is 5.56 Å². The van der Waals surface area contributed by atoms with Gasteiger partial charge in [-0.1, -0.05) is 24.3 Å². The Hall–Kier alpha value is -2.18. The lowest BCUT2D eigenvalue weighted by Crippen LogP contribution is -2.47. The zero-order valence-electron chi connectivity index (χ0n) is 13.8. The highest BCUT2D eigenvalue weighted by Gasteiger charge is 2.19. The topological polar surface area (TPSA) is 28.7 Å². The first kappa shape index (κ1) is 15.4. The molecular weight excluding hydrogens is 318 g/mol. The Bertz CT molecular complexity index is 905. The molecule has 3 heterocycles. The molecule has 3 aromatic rings. The van der Waals surface area contributed by atoms with E-state index < -0.39 is 0 Å². The van der Waals surface area contributed by atoms with Crippen LogP contribution in [0.15, 0.2) is 48.7 Å². The zero-order chi connectivity index (χ0) is 16.5. The molecular formula is C18H21N5S. The van der Waals surface area contributed by atoms with Crippen LogP contribution in [0.2, 0.25) is 0 Å². The van der Waals surface area contributed by atoms with Crippen molar-refractivity contribution in [3.8, 4) is 0 Å². The number of para-hydroxylation sites is 1. The summed E-state index contributed by atoms with van der Waals surface area (Å²) < 4.78 is 4.64. The Morgan fingerprint density at radius 1 is 1.00 bits per heavy atom. The number of pyridine rings is 1. The van der Waals surface area contributed by atoms with Gasteiger partial charge in [-0.15, -0.1) is 0 Å². The van der Waals surface area contributed by atoms with E-state index in [1.165, 1.54) is 11.3 Å². The minimum absolute atomic E-state index is 0.752. The molecule has 0 spiro atoms. The molecule has 0 aliphatic carbocycles. The van der Waals surface area contributed by atoms with Crippen molar-refractivity contribution in [3.63, 3.8) is 0 Å². The maximum atomic E-state index is 5.54. The van der Waals surface area contributed by atoms with Gasteiger partial charge in [-0.25, -0.2) is 4.68 Å². The van der Waals surface area contributed by atoms with Crippen molar-refractivity contribution in [1.82, 2.24) is 19.1 Å². The Balaban J connectivity index is 1.45. The summed E-state index contributed by atoms with van der Waals surface area (Å²) >= 11 is 5.54. The maximum absolute atomic E-state index is 5.54. The van der Waals surface area contributed by atoms with Gasteiger partial charge in [0.05, 0.1) is 6.67 Å². The van der Waals surface area contributed by atoms with E-state index in [-0.39, 0.29) is 0 Å². The summed E-state index contributed by atoms with van der Waals surface area (Å²) in [5, 5.41) is 4.62. The Kier molecular flexibility index (Phi) is 4.08. The number of fused-ring (bicyclic) bond motifs is 1. The lowest BCUT2D eigenvalue weighted by atomic mass is 10.1. The molecule has 124 valence electrons. The van der Waals surface area contributed by atoms with Crippen molar-refractivity contribution < 1.29 is 0 Å². The third kappa shape index (κ3) is 2.83. The first-order valence-electron chi connectivity index (χ1n) is 8.29. The molecule has 1 fully saturated rings. The highest BCUT2D eigenvalue weighted by atomic mass is 32.1. The number of hydrogen-bond donors (Lipinski definition) is 0. The van der Waals surface area contributed by atoms with Crippen LogP contribution in [0.5, 0.6) is 0 Å². The Labute approximate surface area is 146 Å². The summed E-state index contributed by atoms with van der Waals surface area (Å²) in [7, 11) is 0. The smallest absolute Gasteiger partial charge is 0.203 e. The standard InChI is InChI=1S/C18H21N5S/c1-15-6-2-3-7-16(15)21-12-10-20(11-13-21)14-23-18(24)22-9-5-4-8-17(22)19-23/h2-9H,10-14H2,1H3. The highest BCUT2D eigenvalue weighted by molar-refractivity contribution is 7.71. The van der Waals surface area contributed by atoms with Gasteiger partial charge in [0.2, 0.25) is 4.77 Å². The molecule has 1 aromatic carbocycles. The molecule has 0 saturated carbocycles. The second kappa shape index (κ2) is 6.37. The van der Waals surface area contributed by atoms with Gasteiger partial charge in [-0.05, 0) is 42.9 Å². The van der Waals surface area contributed by atoms with Gasteiger partial charge in [-0.3, -0.25) is 9.30 Å². The molecule has 24 heavy (non-hydrogen) atoms. The van der Waals surface area contributed by atoms with Crippen molar-refractivity contribution in [2.45, 2.75) is 13.6 Å². The molecule has 5 nitrogen and oxygen atoms in total. The van der Waals surface area contributed by atoms with E-state index in [0.29, 0.717) is 0 Å². The molecule has 0 atom stereocenters. The largest absolute Gasteiger partial charge is 0.369 e. The predicted octanol–water partition coefficient (Wildman–Crippen LogP) is 2.95. The van der Waals surface area contributed by atoms with E-state index in [0.717, 1.165) is 43.3 Å². The third-order valence-corrected chi connectivity index (χ3v) is 5.06. The molecule has 0 bridgehead atoms. The van der Waals surface area contributed by atoms with Crippen LogP contribution in [-0.2, 0) is 6.67 Å². The van der Waals surface area contributed by atoms with Crippen LogP contribution >= 0.6 is 12.2 Å². The van der Waals surface area contributed by atoms with Crippen LogP contribution < -0.4 is 4.90 Å². The van der Waals surface area contributed by atoms with Gasteiger partial charge in [0.1, 0.15) is 0 Å². The summed E-state index contributed by atoms with van der Waals surface area (Å²) in [6.45, 7) is 7.03. The van der Waals surface area contributed by atoms with Crippen molar-refractivity contribution >= 4 is 23.6 Å².